The van der Waals surface area contributed by atoms with Gasteiger partial charge in [0.15, 0.2) is 0 Å². The fourth-order valence-electron chi connectivity index (χ4n) is 4.54. The summed E-state index contributed by atoms with van der Waals surface area (Å²) in [7, 11) is -0.844. The topological polar surface area (TPSA) is 63.6 Å². The molecule has 1 N–H and O–H groups in total. The van der Waals surface area contributed by atoms with Crippen LogP contribution in [-0.4, -0.2) is 33.2 Å². The zero-order chi connectivity index (χ0) is 18.4. The number of hydrogen-bond acceptors (Lipinski definition) is 3. The van der Waals surface area contributed by atoms with E-state index in [1.54, 1.807) is 0 Å². The van der Waals surface area contributed by atoms with Crippen molar-refractivity contribution in [2.45, 2.75) is 69.3 Å². The van der Waals surface area contributed by atoms with Crippen LogP contribution in [0.15, 0.2) is 30.3 Å². The second-order valence-electron chi connectivity index (χ2n) is 7.70. The maximum absolute atomic E-state index is 12.7. The van der Waals surface area contributed by atoms with E-state index in [0.717, 1.165) is 56.3 Å². The minimum Gasteiger partial charge on any atom is -0.481 e. The van der Waals surface area contributed by atoms with Gasteiger partial charge in [0.05, 0.1) is 12.2 Å². The molecule has 0 aromatic heterocycles. The van der Waals surface area contributed by atoms with E-state index in [0.29, 0.717) is 29.8 Å². The quantitative estimate of drug-likeness (QED) is 0.588. The van der Waals surface area contributed by atoms with Crippen LogP contribution in [0.3, 0.4) is 0 Å². The summed E-state index contributed by atoms with van der Waals surface area (Å²) in [6.45, 7) is 0. The van der Waals surface area contributed by atoms with Crippen LogP contribution in [0.2, 0.25) is 0 Å². The van der Waals surface area contributed by atoms with Crippen molar-refractivity contribution in [1.82, 2.24) is 0 Å². The lowest BCUT2D eigenvalue weighted by atomic mass is 9.77. The van der Waals surface area contributed by atoms with Crippen molar-refractivity contribution in [2.24, 2.45) is 11.8 Å². The maximum atomic E-state index is 12.7. The molecule has 144 valence electrons. The normalized spacial score (nSPS) is 28.3. The number of aliphatic carboxylic acids is 1. The predicted octanol–water partition coefficient (Wildman–Crippen LogP) is 4.15. The Hall–Kier alpha value is -1.20. The minimum absolute atomic E-state index is 0.276. The van der Waals surface area contributed by atoms with Crippen molar-refractivity contribution in [3.63, 3.8) is 0 Å². The lowest BCUT2D eigenvalue weighted by Crippen LogP contribution is -2.31. The Bertz CT molecular complexity index is 603. The standard InChI is InChI=1S/C21H30O4S/c22-21(23)11-7-2-1-6-10-17-18(20-13-12-19(17)25-20)15-26(24)14-16-8-4-3-5-9-16/h3-5,8-9,17-20H,1-2,6-7,10-15H2,(H,22,23). The highest BCUT2D eigenvalue weighted by molar-refractivity contribution is 7.84. The molecule has 2 heterocycles. The average molecular weight is 379 g/mol. The van der Waals surface area contributed by atoms with E-state index >= 15 is 0 Å². The first kappa shape index (κ1) is 19.6. The highest BCUT2D eigenvalue weighted by Crippen LogP contribution is 2.46. The summed E-state index contributed by atoms with van der Waals surface area (Å²) in [5.41, 5.74) is 1.14. The first-order valence-corrected chi connectivity index (χ1v) is 11.4. The molecule has 2 aliphatic heterocycles. The first-order chi connectivity index (χ1) is 12.6. The lowest BCUT2D eigenvalue weighted by molar-refractivity contribution is -0.137. The third kappa shape index (κ3) is 5.40. The van der Waals surface area contributed by atoms with Crippen LogP contribution in [0, 0.1) is 11.8 Å². The second kappa shape index (κ2) is 9.65. The van der Waals surface area contributed by atoms with Crippen molar-refractivity contribution < 1.29 is 18.8 Å². The van der Waals surface area contributed by atoms with E-state index < -0.39 is 16.8 Å². The molecule has 3 rings (SSSR count). The molecule has 0 amide bonds. The summed E-state index contributed by atoms with van der Waals surface area (Å²) in [5.74, 6) is 1.65. The molecule has 2 saturated heterocycles. The van der Waals surface area contributed by atoms with E-state index in [1.165, 1.54) is 0 Å². The molecule has 1 aromatic carbocycles. The van der Waals surface area contributed by atoms with Crippen LogP contribution in [0.1, 0.15) is 56.9 Å². The van der Waals surface area contributed by atoms with Crippen LogP contribution in [0.5, 0.6) is 0 Å². The molecule has 4 nitrogen and oxygen atoms in total. The van der Waals surface area contributed by atoms with Crippen molar-refractivity contribution in [1.29, 1.82) is 0 Å². The van der Waals surface area contributed by atoms with E-state index in [1.807, 2.05) is 30.3 Å². The van der Waals surface area contributed by atoms with E-state index in [2.05, 4.69) is 0 Å². The number of benzene rings is 1. The van der Waals surface area contributed by atoms with Gasteiger partial charge in [0.25, 0.3) is 0 Å². The molecule has 0 saturated carbocycles. The summed E-state index contributed by atoms with van der Waals surface area (Å²) in [4.78, 5) is 10.6. The van der Waals surface area contributed by atoms with E-state index in [4.69, 9.17) is 9.84 Å². The molecule has 0 spiro atoms. The van der Waals surface area contributed by atoms with Gasteiger partial charge in [-0.1, -0.05) is 49.6 Å². The summed E-state index contributed by atoms with van der Waals surface area (Å²) in [6.07, 6.45) is 8.29. The zero-order valence-electron chi connectivity index (χ0n) is 15.3. The number of carboxylic acids is 1. The van der Waals surface area contributed by atoms with Gasteiger partial charge in [-0.25, -0.2) is 0 Å². The van der Waals surface area contributed by atoms with Gasteiger partial charge in [0.1, 0.15) is 0 Å². The molecule has 26 heavy (non-hydrogen) atoms. The molecule has 0 radical (unpaired) electrons. The van der Waals surface area contributed by atoms with E-state index in [-0.39, 0.29) is 6.42 Å². The molecule has 0 aliphatic carbocycles. The molecule has 5 atom stereocenters. The largest absolute Gasteiger partial charge is 0.481 e. The monoisotopic (exact) mass is 378 g/mol. The first-order valence-electron chi connectivity index (χ1n) is 9.89. The minimum atomic E-state index is -0.844. The van der Waals surface area contributed by atoms with Gasteiger partial charge >= 0.3 is 5.97 Å². The van der Waals surface area contributed by atoms with Gasteiger partial charge in [0, 0.05) is 34.6 Å². The number of carbonyl (C=O) groups is 1. The Labute approximate surface area is 158 Å². The molecule has 2 aliphatic rings. The number of unbranched alkanes of at least 4 members (excludes halogenated alkanes) is 3. The fourth-order valence-corrected chi connectivity index (χ4v) is 6.12. The third-order valence-electron chi connectivity index (χ3n) is 5.82. The predicted molar refractivity (Wildman–Crippen MR) is 103 cm³/mol. The van der Waals surface area contributed by atoms with Gasteiger partial charge in [-0.3, -0.25) is 9.00 Å². The number of hydrogen-bond donors (Lipinski definition) is 1. The zero-order valence-corrected chi connectivity index (χ0v) is 16.2. The van der Waals surface area contributed by atoms with Gasteiger partial charge < -0.3 is 9.84 Å². The highest BCUT2D eigenvalue weighted by atomic mass is 32.2. The van der Waals surface area contributed by atoms with Crippen molar-refractivity contribution in [2.75, 3.05) is 5.75 Å². The third-order valence-corrected chi connectivity index (χ3v) is 7.23. The van der Waals surface area contributed by atoms with Crippen LogP contribution in [0.25, 0.3) is 0 Å². The Balaban J connectivity index is 1.44. The maximum Gasteiger partial charge on any atom is 0.303 e. The van der Waals surface area contributed by atoms with Crippen LogP contribution >= 0.6 is 0 Å². The van der Waals surface area contributed by atoms with Gasteiger partial charge in [-0.15, -0.1) is 0 Å². The molecular weight excluding hydrogens is 348 g/mol. The summed E-state index contributed by atoms with van der Waals surface area (Å²) in [6, 6.07) is 10.1. The van der Waals surface area contributed by atoms with E-state index in [9.17, 15) is 9.00 Å². The Morgan fingerprint density at radius 3 is 2.46 bits per heavy atom. The summed E-state index contributed by atoms with van der Waals surface area (Å²) < 4.78 is 18.8. The van der Waals surface area contributed by atoms with Gasteiger partial charge in [-0.2, -0.15) is 0 Å². The SMILES string of the molecule is O=C(O)CCCCCCC1C2CCC(O2)C1CS(=O)Cc1ccccc1. The lowest BCUT2D eigenvalue weighted by Gasteiger charge is -2.27. The number of ether oxygens (including phenoxy) is 1. The van der Waals surface area contributed by atoms with Crippen molar-refractivity contribution in [3.05, 3.63) is 35.9 Å². The number of fused-ring (bicyclic) bond motifs is 2. The smallest absolute Gasteiger partial charge is 0.303 e. The van der Waals surface area contributed by atoms with Crippen molar-refractivity contribution in [3.8, 4) is 0 Å². The Kier molecular flexibility index (Phi) is 7.26. The molecule has 1 aromatic rings. The Morgan fingerprint density at radius 2 is 1.73 bits per heavy atom. The molecule has 2 fully saturated rings. The van der Waals surface area contributed by atoms with Gasteiger partial charge in [-0.05, 0) is 37.2 Å². The summed E-state index contributed by atoms with van der Waals surface area (Å²) in [5, 5.41) is 8.69. The molecule has 5 unspecified atom stereocenters. The van der Waals surface area contributed by atoms with Crippen molar-refractivity contribution >= 4 is 16.8 Å². The molecule has 2 bridgehead atoms. The van der Waals surface area contributed by atoms with Gasteiger partial charge in [0.2, 0.25) is 0 Å². The van der Waals surface area contributed by atoms with Crippen LogP contribution in [0.4, 0.5) is 0 Å². The second-order valence-corrected chi connectivity index (χ2v) is 9.20. The highest BCUT2D eigenvalue weighted by Gasteiger charge is 2.48. The summed E-state index contributed by atoms with van der Waals surface area (Å²) >= 11 is 0. The van der Waals surface area contributed by atoms with Crippen LogP contribution < -0.4 is 0 Å². The average Bonchev–Trinajstić information content (AvgIpc) is 3.21. The van der Waals surface area contributed by atoms with Crippen LogP contribution in [-0.2, 0) is 26.1 Å². The fraction of sp³-hybridized carbons (Fsp3) is 0.667. The number of carboxylic acid groups (broad SMARTS) is 1. The Morgan fingerprint density at radius 1 is 1.04 bits per heavy atom. The molecular formula is C21H30O4S. The number of rotatable bonds is 11. The molecule has 5 heteroatoms.